The molecule has 1 atom stereocenters. The van der Waals surface area contributed by atoms with Crippen molar-refractivity contribution >= 4 is 30.6 Å². The van der Waals surface area contributed by atoms with Gasteiger partial charge in [-0.05, 0) is 30.9 Å². The normalized spacial score (nSPS) is 10.9. The Bertz CT molecular complexity index is 539. The summed E-state index contributed by atoms with van der Waals surface area (Å²) in [7, 11) is 0.704. The first-order valence-corrected chi connectivity index (χ1v) is 7.65. The molecule has 0 amide bonds. The number of nitrogens with zero attached hydrogens (tertiary/aromatic N) is 1. The molecule has 1 heterocycles. The largest absolute Gasteiger partial charge is 0.487 e. The van der Waals surface area contributed by atoms with E-state index in [-0.39, 0.29) is 5.56 Å². The maximum Gasteiger partial charge on any atom is 0.335 e. The Balaban J connectivity index is 1.95. The molecule has 1 unspecified atom stereocenters. The van der Waals surface area contributed by atoms with Crippen molar-refractivity contribution in [2.75, 3.05) is 6.66 Å². The molecule has 0 aliphatic heterocycles. The zero-order valence-electron chi connectivity index (χ0n) is 9.71. The minimum atomic E-state index is -0.936. The van der Waals surface area contributed by atoms with Gasteiger partial charge in [-0.15, -0.1) is 11.3 Å². The van der Waals surface area contributed by atoms with E-state index in [9.17, 15) is 4.79 Å². The summed E-state index contributed by atoms with van der Waals surface area (Å²) < 4.78 is 6.66. The van der Waals surface area contributed by atoms with Crippen LogP contribution in [-0.2, 0) is 6.61 Å². The van der Waals surface area contributed by atoms with Crippen LogP contribution >= 0.6 is 19.9 Å². The highest BCUT2D eigenvalue weighted by molar-refractivity contribution is 7.55. The highest BCUT2D eigenvalue weighted by Gasteiger charge is 2.04. The lowest BCUT2D eigenvalue weighted by atomic mass is 10.2. The highest BCUT2D eigenvalue weighted by atomic mass is 32.1. The maximum atomic E-state index is 10.7. The molecule has 2 aromatic rings. The monoisotopic (exact) mass is 281 g/mol. The summed E-state index contributed by atoms with van der Waals surface area (Å²) in [4.78, 5) is 15.1. The van der Waals surface area contributed by atoms with Crippen LogP contribution in [0.25, 0.3) is 0 Å². The van der Waals surface area contributed by atoms with Gasteiger partial charge in [-0.2, -0.15) is 0 Å². The maximum absolute atomic E-state index is 10.7. The van der Waals surface area contributed by atoms with E-state index in [0.717, 1.165) is 10.4 Å². The SMILES string of the molecule is CPc1nc(COc2ccc(C(=O)O)cc2)cs1. The van der Waals surface area contributed by atoms with Gasteiger partial charge in [0.25, 0.3) is 0 Å². The molecule has 0 radical (unpaired) electrons. The standard InChI is InChI=1S/C12H12NO3PS/c1-17-12-13-9(7-18-12)6-16-10-4-2-8(3-5-10)11(14)15/h2-5,7,17H,6H2,1H3,(H,14,15). The topological polar surface area (TPSA) is 59.4 Å². The third kappa shape index (κ3) is 3.28. The molecule has 94 valence electrons. The molecule has 0 spiro atoms. The zero-order chi connectivity index (χ0) is 13.0. The van der Waals surface area contributed by atoms with Gasteiger partial charge in [0.1, 0.15) is 17.1 Å². The molecule has 6 heteroatoms. The molecule has 2 rings (SSSR count). The van der Waals surface area contributed by atoms with Gasteiger partial charge in [-0.1, -0.05) is 8.58 Å². The van der Waals surface area contributed by atoms with E-state index in [1.54, 1.807) is 23.5 Å². The van der Waals surface area contributed by atoms with Crippen LogP contribution in [0.5, 0.6) is 5.75 Å². The van der Waals surface area contributed by atoms with Gasteiger partial charge in [0.05, 0.1) is 11.3 Å². The lowest BCUT2D eigenvalue weighted by molar-refractivity contribution is 0.0697. The van der Waals surface area contributed by atoms with Gasteiger partial charge in [-0.3, -0.25) is 0 Å². The Hall–Kier alpha value is -1.45. The predicted octanol–water partition coefficient (Wildman–Crippen LogP) is 2.35. The second kappa shape index (κ2) is 5.94. The van der Waals surface area contributed by atoms with Crippen molar-refractivity contribution in [1.29, 1.82) is 0 Å². The fourth-order valence-corrected chi connectivity index (χ4v) is 2.78. The third-order valence-corrected chi connectivity index (χ3v) is 4.46. The van der Waals surface area contributed by atoms with Crippen molar-refractivity contribution in [1.82, 2.24) is 4.98 Å². The summed E-state index contributed by atoms with van der Waals surface area (Å²) in [5, 5.41) is 10.7. The molecule has 0 aliphatic rings. The van der Waals surface area contributed by atoms with Crippen LogP contribution in [0, 0.1) is 0 Å². The number of hydrogen-bond donors (Lipinski definition) is 1. The molecular formula is C12H12NO3PS. The third-order valence-electron chi connectivity index (χ3n) is 2.25. The first-order valence-electron chi connectivity index (χ1n) is 5.27. The average molecular weight is 281 g/mol. The van der Waals surface area contributed by atoms with E-state index in [1.165, 1.54) is 12.1 Å². The quantitative estimate of drug-likeness (QED) is 0.855. The number of thiazole rings is 1. The first kappa shape index (κ1) is 13.0. The zero-order valence-corrected chi connectivity index (χ0v) is 11.5. The lowest BCUT2D eigenvalue weighted by Gasteiger charge is -2.04. The average Bonchev–Trinajstić information content (AvgIpc) is 2.85. The summed E-state index contributed by atoms with van der Waals surface area (Å²) in [6, 6.07) is 6.35. The molecule has 1 N–H and O–H groups in total. The van der Waals surface area contributed by atoms with Crippen LogP contribution in [0.15, 0.2) is 29.6 Å². The highest BCUT2D eigenvalue weighted by Crippen LogP contribution is 2.15. The van der Waals surface area contributed by atoms with Crippen molar-refractivity contribution in [3.05, 3.63) is 40.9 Å². The van der Waals surface area contributed by atoms with Gasteiger partial charge in [-0.25, -0.2) is 9.78 Å². The second-order valence-electron chi connectivity index (χ2n) is 3.51. The lowest BCUT2D eigenvalue weighted by Crippen LogP contribution is -2.00. The van der Waals surface area contributed by atoms with E-state index in [2.05, 4.69) is 11.6 Å². The smallest absolute Gasteiger partial charge is 0.335 e. The fourth-order valence-electron chi connectivity index (χ4n) is 1.34. The van der Waals surface area contributed by atoms with Crippen molar-refractivity contribution < 1.29 is 14.6 Å². The van der Waals surface area contributed by atoms with E-state index in [4.69, 9.17) is 9.84 Å². The van der Waals surface area contributed by atoms with E-state index in [1.807, 2.05) is 5.38 Å². The van der Waals surface area contributed by atoms with Crippen LogP contribution in [-0.4, -0.2) is 22.7 Å². The Morgan fingerprint density at radius 1 is 1.44 bits per heavy atom. The fraction of sp³-hybridized carbons (Fsp3) is 0.167. The molecule has 1 aromatic heterocycles. The van der Waals surface area contributed by atoms with Crippen LogP contribution < -0.4 is 9.49 Å². The summed E-state index contributed by atoms with van der Waals surface area (Å²) in [6.45, 7) is 2.50. The van der Waals surface area contributed by atoms with Gasteiger partial charge in [0.15, 0.2) is 0 Å². The van der Waals surface area contributed by atoms with Gasteiger partial charge >= 0.3 is 5.97 Å². The Kier molecular flexibility index (Phi) is 4.28. The van der Waals surface area contributed by atoms with E-state index >= 15 is 0 Å². The number of aromatic carboxylic acids is 1. The van der Waals surface area contributed by atoms with Crippen molar-refractivity contribution in [2.24, 2.45) is 0 Å². The Morgan fingerprint density at radius 3 is 2.72 bits per heavy atom. The Labute approximate surface area is 110 Å². The van der Waals surface area contributed by atoms with E-state index in [0.29, 0.717) is 20.9 Å². The molecule has 4 nitrogen and oxygen atoms in total. The van der Waals surface area contributed by atoms with Crippen molar-refractivity contribution in [2.45, 2.75) is 6.61 Å². The Morgan fingerprint density at radius 2 is 2.17 bits per heavy atom. The number of hydrogen-bond acceptors (Lipinski definition) is 4. The second-order valence-corrected chi connectivity index (χ2v) is 5.71. The van der Waals surface area contributed by atoms with Crippen molar-refractivity contribution in [3.8, 4) is 5.75 Å². The molecule has 0 saturated heterocycles. The molecule has 0 aliphatic carbocycles. The predicted molar refractivity (Wildman–Crippen MR) is 73.7 cm³/mol. The van der Waals surface area contributed by atoms with Crippen LogP contribution in [0.3, 0.4) is 0 Å². The van der Waals surface area contributed by atoms with Crippen LogP contribution in [0.1, 0.15) is 16.1 Å². The first-order chi connectivity index (χ1) is 8.69. The molecular weight excluding hydrogens is 269 g/mol. The molecule has 0 saturated carbocycles. The van der Waals surface area contributed by atoms with Gasteiger partial charge in [0, 0.05) is 5.38 Å². The van der Waals surface area contributed by atoms with Crippen LogP contribution in [0.2, 0.25) is 0 Å². The number of aromatic nitrogens is 1. The van der Waals surface area contributed by atoms with Crippen LogP contribution in [0.4, 0.5) is 0 Å². The molecule has 0 fully saturated rings. The minimum Gasteiger partial charge on any atom is -0.487 e. The number of carbonyl (C=O) groups is 1. The minimum absolute atomic E-state index is 0.255. The van der Waals surface area contributed by atoms with E-state index < -0.39 is 5.97 Å². The summed E-state index contributed by atoms with van der Waals surface area (Å²) >= 11 is 1.63. The number of carboxylic acids is 1. The van der Waals surface area contributed by atoms with Crippen molar-refractivity contribution in [3.63, 3.8) is 0 Å². The van der Waals surface area contributed by atoms with Gasteiger partial charge in [0.2, 0.25) is 0 Å². The molecule has 1 aromatic carbocycles. The number of ether oxygens (including phenoxy) is 1. The number of rotatable bonds is 5. The summed E-state index contributed by atoms with van der Waals surface area (Å²) in [5.41, 5.74) is 1.16. The van der Waals surface area contributed by atoms with Gasteiger partial charge < -0.3 is 9.84 Å². The summed E-state index contributed by atoms with van der Waals surface area (Å²) in [5.74, 6) is -0.289. The number of carboxylic acid groups (broad SMARTS) is 1. The summed E-state index contributed by atoms with van der Waals surface area (Å²) in [6.07, 6.45) is 0. The number of benzene rings is 1. The molecule has 18 heavy (non-hydrogen) atoms. The molecule has 0 bridgehead atoms.